The fourth-order valence-electron chi connectivity index (χ4n) is 2.60. The van der Waals surface area contributed by atoms with E-state index in [0.29, 0.717) is 12.5 Å². The molecule has 1 heterocycles. The van der Waals surface area contributed by atoms with E-state index >= 15 is 0 Å². The predicted octanol–water partition coefficient (Wildman–Crippen LogP) is 2.39. The predicted molar refractivity (Wildman–Crippen MR) is 78.1 cm³/mol. The summed E-state index contributed by atoms with van der Waals surface area (Å²) >= 11 is 0. The van der Waals surface area contributed by atoms with Gasteiger partial charge >= 0.3 is 0 Å². The van der Waals surface area contributed by atoms with Crippen molar-refractivity contribution in [3.05, 3.63) is 35.9 Å². The highest BCUT2D eigenvalue weighted by Gasteiger charge is 2.25. The van der Waals surface area contributed by atoms with Gasteiger partial charge in [0.05, 0.1) is 6.54 Å². The van der Waals surface area contributed by atoms with Crippen LogP contribution in [0.25, 0.3) is 0 Å². The lowest BCUT2D eigenvalue weighted by Crippen LogP contribution is -2.40. The van der Waals surface area contributed by atoms with Gasteiger partial charge in [0.15, 0.2) is 0 Å². The molecule has 3 heteroatoms. The molecule has 0 bridgehead atoms. The minimum Gasteiger partial charge on any atom is -0.353 e. The topological polar surface area (TPSA) is 32.3 Å². The van der Waals surface area contributed by atoms with E-state index in [-0.39, 0.29) is 11.9 Å². The summed E-state index contributed by atoms with van der Waals surface area (Å²) in [6.07, 6.45) is 2.14. The van der Waals surface area contributed by atoms with Gasteiger partial charge in [-0.3, -0.25) is 9.69 Å². The second-order valence-corrected chi connectivity index (χ2v) is 5.51. The van der Waals surface area contributed by atoms with Crippen molar-refractivity contribution in [1.82, 2.24) is 10.2 Å². The Labute approximate surface area is 116 Å². The standard InChI is InChI=1S/C16H24N2O/c1-3-13(2)17-16(19)12-18-10-9-15(11-18)14-7-5-4-6-8-14/h4-8,13,15H,3,9-12H2,1-2H3,(H,17,19)/t13-,15+/m0/s1. The third kappa shape index (κ3) is 4.06. The molecule has 0 radical (unpaired) electrons. The van der Waals surface area contributed by atoms with E-state index in [9.17, 15) is 4.79 Å². The number of hydrogen-bond donors (Lipinski definition) is 1. The molecular formula is C16H24N2O. The smallest absolute Gasteiger partial charge is 0.234 e. The van der Waals surface area contributed by atoms with Crippen LogP contribution in [0.15, 0.2) is 30.3 Å². The number of hydrogen-bond acceptors (Lipinski definition) is 2. The maximum absolute atomic E-state index is 11.9. The fourth-order valence-corrected chi connectivity index (χ4v) is 2.60. The molecule has 0 saturated carbocycles. The molecule has 0 unspecified atom stereocenters. The van der Waals surface area contributed by atoms with Crippen molar-refractivity contribution in [2.75, 3.05) is 19.6 Å². The van der Waals surface area contributed by atoms with Gasteiger partial charge in [0, 0.05) is 12.6 Å². The van der Waals surface area contributed by atoms with Crippen LogP contribution in [0.5, 0.6) is 0 Å². The van der Waals surface area contributed by atoms with Crippen LogP contribution in [0.1, 0.15) is 38.2 Å². The number of rotatable bonds is 5. The van der Waals surface area contributed by atoms with E-state index in [2.05, 4.69) is 54.4 Å². The quantitative estimate of drug-likeness (QED) is 0.881. The van der Waals surface area contributed by atoms with Gasteiger partial charge in [-0.15, -0.1) is 0 Å². The molecule has 1 aromatic rings. The number of carbonyl (C=O) groups is 1. The Kier molecular flexibility index (Phi) is 4.97. The zero-order valence-electron chi connectivity index (χ0n) is 11.9. The van der Waals surface area contributed by atoms with Gasteiger partial charge < -0.3 is 5.32 Å². The summed E-state index contributed by atoms with van der Waals surface area (Å²) in [5.74, 6) is 0.737. The molecule has 0 spiro atoms. The van der Waals surface area contributed by atoms with E-state index in [1.165, 1.54) is 5.56 Å². The Hall–Kier alpha value is -1.35. The van der Waals surface area contributed by atoms with Gasteiger partial charge in [0.25, 0.3) is 0 Å². The molecule has 0 aromatic heterocycles. The number of nitrogens with zero attached hydrogens (tertiary/aromatic N) is 1. The molecule has 2 atom stereocenters. The summed E-state index contributed by atoms with van der Waals surface area (Å²) in [7, 11) is 0. The monoisotopic (exact) mass is 260 g/mol. The van der Waals surface area contributed by atoms with Gasteiger partial charge in [-0.1, -0.05) is 37.3 Å². The number of nitrogens with one attached hydrogen (secondary N) is 1. The number of likely N-dealkylation sites (tertiary alicyclic amines) is 1. The molecule has 1 aliphatic heterocycles. The number of benzene rings is 1. The highest BCUT2D eigenvalue weighted by molar-refractivity contribution is 5.78. The first-order valence-electron chi connectivity index (χ1n) is 7.25. The molecular weight excluding hydrogens is 236 g/mol. The van der Waals surface area contributed by atoms with Crippen molar-refractivity contribution < 1.29 is 4.79 Å². The minimum absolute atomic E-state index is 0.156. The summed E-state index contributed by atoms with van der Waals surface area (Å²) in [4.78, 5) is 14.1. The van der Waals surface area contributed by atoms with Crippen molar-refractivity contribution in [3.8, 4) is 0 Å². The zero-order chi connectivity index (χ0) is 13.7. The Morgan fingerprint density at radius 2 is 2.16 bits per heavy atom. The molecule has 1 N–H and O–H groups in total. The van der Waals surface area contributed by atoms with E-state index < -0.39 is 0 Å². The molecule has 19 heavy (non-hydrogen) atoms. The number of carbonyl (C=O) groups excluding carboxylic acids is 1. The van der Waals surface area contributed by atoms with Crippen LogP contribution in [0.2, 0.25) is 0 Å². The molecule has 3 nitrogen and oxygen atoms in total. The van der Waals surface area contributed by atoms with Crippen molar-refractivity contribution >= 4 is 5.91 Å². The van der Waals surface area contributed by atoms with Crippen LogP contribution in [0, 0.1) is 0 Å². The highest BCUT2D eigenvalue weighted by atomic mass is 16.2. The molecule has 1 amide bonds. The van der Waals surface area contributed by atoms with Crippen LogP contribution in [0.3, 0.4) is 0 Å². The summed E-state index contributed by atoms with van der Waals surface area (Å²) < 4.78 is 0. The van der Waals surface area contributed by atoms with Crippen molar-refractivity contribution in [2.24, 2.45) is 0 Å². The van der Waals surface area contributed by atoms with Gasteiger partial charge in [-0.05, 0) is 37.8 Å². The molecule has 1 aromatic carbocycles. The second-order valence-electron chi connectivity index (χ2n) is 5.51. The Morgan fingerprint density at radius 1 is 1.42 bits per heavy atom. The maximum Gasteiger partial charge on any atom is 0.234 e. The lowest BCUT2D eigenvalue weighted by atomic mass is 9.99. The van der Waals surface area contributed by atoms with Gasteiger partial charge in [-0.25, -0.2) is 0 Å². The van der Waals surface area contributed by atoms with Crippen LogP contribution in [-0.4, -0.2) is 36.5 Å². The molecule has 1 fully saturated rings. The lowest BCUT2D eigenvalue weighted by Gasteiger charge is -2.18. The van der Waals surface area contributed by atoms with Gasteiger partial charge in [-0.2, -0.15) is 0 Å². The summed E-state index contributed by atoms with van der Waals surface area (Å²) in [5.41, 5.74) is 1.40. The van der Waals surface area contributed by atoms with Crippen molar-refractivity contribution in [1.29, 1.82) is 0 Å². The van der Waals surface area contributed by atoms with Crippen molar-refractivity contribution in [3.63, 3.8) is 0 Å². The Bertz CT molecular complexity index is 404. The fraction of sp³-hybridized carbons (Fsp3) is 0.562. The van der Waals surface area contributed by atoms with Crippen LogP contribution in [-0.2, 0) is 4.79 Å². The first kappa shape index (κ1) is 14.1. The molecule has 2 rings (SSSR count). The van der Waals surface area contributed by atoms with E-state index in [0.717, 1.165) is 25.9 Å². The lowest BCUT2D eigenvalue weighted by molar-refractivity contribution is -0.122. The van der Waals surface area contributed by atoms with Crippen molar-refractivity contribution in [2.45, 2.75) is 38.6 Å². The highest BCUT2D eigenvalue weighted by Crippen LogP contribution is 2.26. The van der Waals surface area contributed by atoms with Crippen LogP contribution in [0.4, 0.5) is 0 Å². The van der Waals surface area contributed by atoms with E-state index in [1.54, 1.807) is 0 Å². The average molecular weight is 260 g/mol. The first-order valence-corrected chi connectivity index (χ1v) is 7.25. The zero-order valence-corrected chi connectivity index (χ0v) is 11.9. The summed E-state index contributed by atoms with van der Waals surface area (Å²) in [6.45, 7) is 6.69. The largest absolute Gasteiger partial charge is 0.353 e. The molecule has 1 aliphatic rings. The minimum atomic E-state index is 0.156. The summed E-state index contributed by atoms with van der Waals surface area (Å²) in [5, 5.41) is 3.03. The molecule has 1 saturated heterocycles. The van der Waals surface area contributed by atoms with E-state index in [4.69, 9.17) is 0 Å². The Morgan fingerprint density at radius 3 is 2.84 bits per heavy atom. The van der Waals surface area contributed by atoms with Gasteiger partial charge in [0.1, 0.15) is 0 Å². The average Bonchev–Trinajstić information content (AvgIpc) is 2.88. The summed E-state index contributed by atoms with van der Waals surface area (Å²) in [6, 6.07) is 10.9. The Balaban J connectivity index is 1.81. The van der Waals surface area contributed by atoms with Gasteiger partial charge in [0.2, 0.25) is 5.91 Å². The van der Waals surface area contributed by atoms with E-state index in [1.807, 2.05) is 0 Å². The SMILES string of the molecule is CC[C@H](C)NC(=O)CN1CC[C@@H](c2ccccc2)C1. The third-order valence-corrected chi connectivity index (χ3v) is 3.93. The third-order valence-electron chi connectivity index (χ3n) is 3.93. The van der Waals surface area contributed by atoms with Crippen LogP contribution >= 0.6 is 0 Å². The first-order chi connectivity index (χ1) is 9.19. The molecule has 104 valence electrons. The van der Waals surface area contributed by atoms with Crippen LogP contribution < -0.4 is 5.32 Å². The second kappa shape index (κ2) is 6.71. The molecule has 0 aliphatic carbocycles. The maximum atomic E-state index is 11.9. The number of amides is 1. The normalized spacial score (nSPS) is 21.3.